The number of quaternary nitrogens is 1. The van der Waals surface area contributed by atoms with E-state index < -0.39 is 0 Å². The Hall–Kier alpha value is -1.00. The average Bonchev–Trinajstić information content (AvgIpc) is 2.58. The Kier molecular flexibility index (Phi) is 8.57. The highest BCUT2D eigenvalue weighted by atomic mass is 32.2. The zero-order valence-corrected chi connectivity index (χ0v) is 15.2. The van der Waals surface area contributed by atoms with E-state index in [1.165, 1.54) is 5.56 Å². The average molecular weight is 325 g/mol. The molecule has 0 spiro atoms. The summed E-state index contributed by atoms with van der Waals surface area (Å²) in [5, 5.41) is 0.221. The van der Waals surface area contributed by atoms with Gasteiger partial charge in [0.25, 0.3) is 0 Å². The standard InChI is InChI=1S/C18H30NO2S/c1-5-18(20)21-15-17(16-11-9-8-10-12-16)22-14-13-19(4,6-2)7-3/h8-12,17H,5-7,13-15H2,1-4H3/q+1. The van der Waals surface area contributed by atoms with Crippen LogP contribution in [0.4, 0.5) is 0 Å². The van der Waals surface area contributed by atoms with Gasteiger partial charge in [-0.1, -0.05) is 37.3 Å². The number of ether oxygens (including phenoxy) is 1. The number of hydrogen-bond acceptors (Lipinski definition) is 3. The van der Waals surface area contributed by atoms with Gasteiger partial charge in [-0.15, -0.1) is 11.8 Å². The van der Waals surface area contributed by atoms with Crippen LogP contribution in [-0.2, 0) is 9.53 Å². The van der Waals surface area contributed by atoms with Gasteiger partial charge in [0.2, 0.25) is 0 Å². The van der Waals surface area contributed by atoms with E-state index in [1.807, 2.05) is 36.9 Å². The molecule has 3 nitrogen and oxygen atoms in total. The molecule has 0 aliphatic heterocycles. The maximum absolute atomic E-state index is 11.4. The quantitative estimate of drug-likeness (QED) is 0.482. The molecule has 1 rings (SSSR count). The molecule has 0 saturated carbocycles. The van der Waals surface area contributed by atoms with Gasteiger partial charge in [0.1, 0.15) is 6.61 Å². The molecule has 0 aromatic heterocycles. The highest BCUT2D eigenvalue weighted by Gasteiger charge is 2.19. The molecule has 0 saturated heterocycles. The van der Waals surface area contributed by atoms with E-state index in [4.69, 9.17) is 4.74 Å². The molecule has 22 heavy (non-hydrogen) atoms. The van der Waals surface area contributed by atoms with E-state index in [0.29, 0.717) is 13.0 Å². The van der Waals surface area contributed by atoms with Gasteiger partial charge in [-0.2, -0.15) is 0 Å². The Labute approximate surface area is 139 Å². The van der Waals surface area contributed by atoms with Gasteiger partial charge in [-0.05, 0) is 19.4 Å². The predicted molar refractivity (Wildman–Crippen MR) is 95.0 cm³/mol. The summed E-state index contributed by atoms with van der Waals surface area (Å²) in [6.45, 7) is 10.2. The van der Waals surface area contributed by atoms with Gasteiger partial charge in [0.15, 0.2) is 0 Å². The number of carbonyl (C=O) groups is 1. The van der Waals surface area contributed by atoms with Gasteiger partial charge in [-0.25, -0.2) is 0 Å². The topological polar surface area (TPSA) is 26.3 Å². The highest BCUT2D eigenvalue weighted by Crippen LogP contribution is 2.29. The van der Waals surface area contributed by atoms with Crippen molar-refractivity contribution in [1.82, 2.24) is 0 Å². The first-order valence-corrected chi connectivity index (χ1v) is 9.25. The van der Waals surface area contributed by atoms with Crippen molar-refractivity contribution >= 4 is 17.7 Å². The summed E-state index contributed by atoms with van der Waals surface area (Å²) < 4.78 is 6.46. The summed E-state index contributed by atoms with van der Waals surface area (Å²) in [5.74, 6) is 0.950. The molecule has 0 heterocycles. The predicted octanol–water partition coefficient (Wildman–Crippen LogP) is 3.90. The molecule has 0 bridgehead atoms. The van der Waals surface area contributed by atoms with Crippen LogP contribution in [0.25, 0.3) is 0 Å². The number of nitrogens with zero attached hydrogens (tertiary/aromatic N) is 1. The molecule has 1 unspecified atom stereocenters. The second-order valence-corrected chi connectivity index (χ2v) is 7.09. The van der Waals surface area contributed by atoms with Crippen molar-refractivity contribution in [2.75, 3.05) is 39.0 Å². The van der Waals surface area contributed by atoms with E-state index >= 15 is 0 Å². The first-order chi connectivity index (χ1) is 10.5. The lowest BCUT2D eigenvalue weighted by molar-refractivity contribution is -0.903. The number of rotatable bonds is 10. The Morgan fingerprint density at radius 2 is 1.82 bits per heavy atom. The zero-order chi connectivity index (χ0) is 16.4. The van der Waals surface area contributed by atoms with Gasteiger partial charge >= 0.3 is 5.97 Å². The summed E-state index contributed by atoms with van der Waals surface area (Å²) in [4.78, 5) is 11.4. The number of carbonyl (C=O) groups excluding carboxylic acids is 1. The van der Waals surface area contributed by atoms with Crippen LogP contribution in [0, 0.1) is 0 Å². The molecule has 1 aromatic rings. The fourth-order valence-corrected chi connectivity index (χ4v) is 3.48. The van der Waals surface area contributed by atoms with Crippen LogP contribution in [0.5, 0.6) is 0 Å². The van der Waals surface area contributed by atoms with Crippen molar-refractivity contribution in [2.24, 2.45) is 0 Å². The summed E-state index contributed by atoms with van der Waals surface area (Å²) in [6.07, 6.45) is 0.437. The van der Waals surface area contributed by atoms with E-state index in [-0.39, 0.29) is 11.2 Å². The summed E-state index contributed by atoms with van der Waals surface area (Å²) >= 11 is 1.89. The minimum atomic E-state index is -0.121. The van der Waals surface area contributed by atoms with Crippen molar-refractivity contribution in [3.05, 3.63) is 35.9 Å². The molecular weight excluding hydrogens is 294 g/mol. The molecule has 0 amide bonds. The largest absolute Gasteiger partial charge is 0.464 e. The molecule has 0 N–H and O–H groups in total. The molecule has 1 aromatic carbocycles. The van der Waals surface area contributed by atoms with Crippen molar-refractivity contribution in [3.8, 4) is 0 Å². The molecule has 4 heteroatoms. The Morgan fingerprint density at radius 1 is 1.18 bits per heavy atom. The van der Waals surface area contributed by atoms with Crippen LogP contribution in [0.1, 0.15) is 38.0 Å². The molecular formula is C18H30NO2S+. The fraction of sp³-hybridized carbons (Fsp3) is 0.611. The smallest absolute Gasteiger partial charge is 0.305 e. The van der Waals surface area contributed by atoms with Crippen molar-refractivity contribution < 1.29 is 14.0 Å². The fourth-order valence-electron chi connectivity index (χ4n) is 2.13. The summed E-state index contributed by atoms with van der Waals surface area (Å²) in [7, 11) is 2.30. The summed E-state index contributed by atoms with van der Waals surface area (Å²) in [5.41, 5.74) is 1.23. The number of thioether (sulfide) groups is 1. The van der Waals surface area contributed by atoms with Crippen LogP contribution in [0.15, 0.2) is 30.3 Å². The van der Waals surface area contributed by atoms with Gasteiger partial charge in [0, 0.05) is 12.2 Å². The molecule has 1 atom stereocenters. The zero-order valence-electron chi connectivity index (χ0n) is 14.4. The lowest BCUT2D eigenvalue weighted by Crippen LogP contribution is -2.45. The molecule has 0 aliphatic rings. The summed E-state index contributed by atoms with van der Waals surface area (Å²) in [6, 6.07) is 10.3. The lowest BCUT2D eigenvalue weighted by atomic mass is 10.1. The van der Waals surface area contributed by atoms with E-state index in [0.717, 1.165) is 29.9 Å². The van der Waals surface area contributed by atoms with Gasteiger partial charge in [-0.3, -0.25) is 4.79 Å². The maximum Gasteiger partial charge on any atom is 0.305 e. The van der Waals surface area contributed by atoms with Crippen LogP contribution < -0.4 is 0 Å². The second-order valence-electron chi connectivity index (χ2n) is 5.78. The SMILES string of the molecule is CCC(=O)OCC(SCC[N+](C)(CC)CC)c1ccccc1. The third-order valence-corrected chi connectivity index (χ3v) is 5.56. The highest BCUT2D eigenvalue weighted by molar-refractivity contribution is 7.99. The van der Waals surface area contributed by atoms with E-state index in [9.17, 15) is 4.79 Å². The van der Waals surface area contributed by atoms with Gasteiger partial charge < -0.3 is 9.22 Å². The third kappa shape index (κ3) is 6.41. The minimum absolute atomic E-state index is 0.121. The van der Waals surface area contributed by atoms with Crippen molar-refractivity contribution in [2.45, 2.75) is 32.4 Å². The van der Waals surface area contributed by atoms with Crippen LogP contribution in [0.2, 0.25) is 0 Å². The van der Waals surface area contributed by atoms with E-state index in [1.54, 1.807) is 0 Å². The molecule has 0 fully saturated rings. The lowest BCUT2D eigenvalue weighted by Gasteiger charge is -2.32. The third-order valence-electron chi connectivity index (χ3n) is 4.33. The Morgan fingerprint density at radius 3 is 2.36 bits per heavy atom. The van der Waals surface area contributed by atoms with Gasteiger partial charge in [0.05, 0.1) is 31.9 Å². The molecule has 0 aliphatic carbocycles. The monoisotopic (exact) mass is 324 g/mol. The maximum atomic E-state index is 11.4. The second kappa shape index (κ2) is 9.90. The minimum Gasteiger partial charge on any atom is -0.464 e. The van der Waals surface area contributed by atoms with Crippen LogP contribution >= 0.6 is 11.8 Å². The Bertz CT molecular complexity index is 432. The number of hydrogen-bond donors (Lipinski definition) is 0. The normalized spacial score (nSPS) is 12.9. The van der Waals surface area contributed by atoms with E-state index in [2.05, 4.69) is 33.0 Å². The van der Waals surface area contributed by atoms with Crippen molar-refractivity contribution in [3.63, 3.8) is 0 Å². The molecule has 124 valence electrons. The first kappa shape index (κ1) is 19.0. The Balaban J connectivity index is 2.61. The van der Waals surface area contributed by atoms with Crippen LogP contribution in [-0.4, -0.2) is 49.5 Å². The van der Waals surface area contributed by atoms with Crippen molar-refractivity contribution in [1.29, 1.82) is 0 Å². The number of benzene rings is 1. The van der Waals surface area contributed by atoms with Crippen LogP contribution in [0.3, 0.4) is 0 Å². The first-order valence-electron chi connectivity index (χ1n) is 8.20. The number of esters is 1. The molecule has 0 radical (unpaired) electrons.